The molecular weight excluding hydrogens is 346 g/mol. The monoisotopic (exact) mass is 369 g/mol. The van der Waals surface area contributed by atoms with Gasteiger partial charge in [0.15, 0.2) is 11.6 Å². The Morgan fingerprint density at radius 1 is 1.33 bits per heavy atom. The van der Waals surface area contributed by atoms with Gasteiger partial charge < -0.3 is 10.1 Å². The topological polar surface area (TPSA) is 99.8 Å². The molecule has 0 aliphatic carbocycles. The molecule has 4 rings (SSSR count). The van der Waals surface area contributed by atoms with E-state index in [1.54, 1.807) is 9.36 Å². The van der Waals surface area contributed by atoms with Gasteiger partial charge in [-0.25, -0.2) is 4.68 Å². The molecule has 142 valence electrons. The first-order valence-electron chi connectivity index (χ1n) is 9.24. The van der Waals surface area contributed by atoms with E-state index in [1.165, 1.54) is 0 Å². The average Bonchev–Trinajstić information content (AvgIpc) is 3.14. The van der Waals surface area contributed by atoms with Gasteiger partial charge in [0.05, 0.1) is 22.9 Å². The molecule has 3 aromatic rings. The molecule has 0 bridgehead atoms. The Labute approximate surface area is 156 Å². The van der Waals surface area contributed by atoms with Crippen LogP contribution in [0.4, 0.5) is 5.82 Å². The van der Waals surface area contributed by atoms with E-state index in [-0.39, 0.29) is 12.0 Å². The SMILES string of the molecule is CC(C)Oc1cccc2c1c(NC(=O)[C@H]1CCCCn3nnnc31)nn2C. The Morgan fingerprint density at radius 3 is 3.00 bits per heavy atom. The van der Waals surface area contributed by atoms with Crippen LogP contribution in [-0.4, -0.2) is 42.0 Å². The van der Waals surface area contributed by atoms with Gasteiger partial charge in [0.2, 0.25) is 5.91 Å². The molecule has 3 heterocycles. The molecule has 1 N–H and O–H groups in total. The zero-order valence-electron chi connectivity index (χ0n) is 15.7. The third kappa shape index (κ3) is 3.24. The average molecular weight is 369 g/mol. The molecule has 9 heteroatoms. The Balaban J connectivity index is 1.69. The fourth-order valence-electron chi connectivity index (χ4n) is 3.53. The molecular formula is C18H23N7O2. The molecule has 1 atom stereocenters. The summed E-state index contributed by atoms with van der Waals surface area (Å²) < 4.78 is 9.40. The molecule has 9 nitrogen and oxygen atoms in total. The standard InChI is InChI=1S/C18H23N7O2/c1-11(2)27-14-9-6-8-13-15(14)16(21-24(13)3)19-18(26)12-7-4-5-10-25-17(12)20-22-23-25/h6,8-9,11-12H,4-5,7,10H2,1-3H3,(H,19,21,26)/t12-/m0/s1. The highest BCUT2D eigenvalue weighted by atomic mass is 16.5. The molecule has 0 saturated heterocycles. The third-order valence-electron chi connectivity index (χ3n) is 4.74. The van der Waals surface area contributed by atoms with Gasteiger partial charge in [0, 0.05) is 13.6 Å². The van der Waals surface area contributed by atoms with Crippen molar-refractivity contribution in [3.8, 4) is 5.75 Å². The number of nitrogens with one attached hydrogen (secondary N) is 1. The quantitative estimate of drug-likeness (QED) is 0.757. The summed E-state index contributed by atoms with van der Waals surface area (Å²) in [6.07, 6.45) is 2.63. The number of amides is 1. The van der Waals surface area contributed by atoms with Crippen LogP contribution in [0.2, 0.25) is 0 Å². The fraction of sp³-hybridized carbons (Fsp3) is 0.500. The number of carbonyl (C=O) groups excluding carboxylic acids is 1. The summed E-state index contributed by atoms with van der Waals surface area (Å²) in [5, 5.41) is 20.1. The first-order valence-corrected chi connectivity index (χ1v) is 9.24. The highest BCUT2D eigenvalue weighted by Gasteiger charge is 2.29. The van der Waals surface area contributed by atoms with Crippen LogP contribution in [0.25, 0.3) is 10.9 Å². The molecule has 27 heavy (non-hydrogen) atoms. The number of nitrogens with zero attached hydrogens (tertiary/aromatic N) is 6. The summed E-state index contributed by atoms with van der Waals surface area (Å²) in [5.74, 6) is 1.28. The van der Waals surface area contributed by atoms with E-state index >= 15 is 0 Å². The Morgan fingerprint density at radius 2 is 2.19 bits per heavy atom. The maximum Gasteiger partial charge on any atom is 0.236 e. The summed E-state index contributed by atoms with van der Waals surface area (Å²) in [7, 11) is 1.85. The number of ether oxygens (including phenoxy) is 1. The summed E-state index contributed by atoms with van der Waals surface area (Å²) in [6, 6.07) is 5.77. The van der Waals surface area contributed by atoms with Gasteiger partial charge in [-0.2, -0.15) is 5.10 Å². The van der Waals surface area contributed by atoms with Crippen LogP contribution in [-0.2, 0) is 18.4 Å². The van der Waals surface area contributed by atoms with Crippen LogP contribution >= 0.6 is 0 Å². The number of fused-ring (bicyclic) bond motifs is 2. The van der Waals surface area contributed by atoms with Gasteiger partial charge in [-0.3, -0.25) is 9.48 Å². The number of hydrogen-bond acceptors (Lipinski definition) is 6. The van der Waals surface area contributed by atoms with Crippen LogP contribution in [0.15, 0.2) is 18.2 Å². The molecule has 1 aromatic carbocycles. The second kappa shape index (κ2) is 6.98. The normalized spacial score (nSPS) is 17.0. The number of benzene rings is 1. The molecule has 0 saturated carbocycles. The summed E-state index contributed by atoms with van der Waals surface area (Å²) in [6.45, 7) is 4.68. The van der Waals surface area contributed by atoms with Gasteiger partial charge in [0.25, 0.3) is 0 Å². The second-order valence-electron chi connectivity index (χ2n) is 7.09. The lowest BCUT2D eigenvalue weighted by Crippen LogP contribution is -2.23. The van der Waals surface area contributed by atoms with E-state index in [2.05, 4.69) is 25.9 Å². The van der Waals surface area contributed by atoms with E-state index in [4.69, 9.17) is 4.74 Å². The zero-order chi connectivity index (χ0) is 19.0. The molecule has 1 amide bonds. The van der Waals surface area contributed by atoms with Crippen molar-refractivity contribution in [2.24, 2.45) is 7.05 Å². The van der Waals surface area contributed by atoms with Gasteiger partial charge in [-0.05, 0) is 49.2 Å². The van der Waals surface area contributed by atoms with Gasteiger partial charge >= 0.3 is 0 Å². The first kappa shape index (κ1) is 17.4. The predicted octanol–water partition coefficient (Wildman–Crippen LogP) is 2.25. The van der Waals surface area contributed by atoms with Crippen molar-refractivity contribution in [3.63, 3.8) is 0 Å². The number of rotatable bonds is 4. The van der Waals surface area contributed by atoms with Crippen molar-refractivity contribution >= 4 is 22.6 Å². The van der Waals surface area contributed by atoms with Crippen LogP contribution < -0.4 is 10.1 Å². The lowest BCUT2D eigenvalue weighted by Gasteiger charge is -2.14. The lowest BCUT2D eigenvalue weighted by atomic mass is 10.0. The van der Waals surface area contributed by atoms with Crippen LogP contribution in [0.5, 0.6) is 5.75 Å². The predicted molar refractivity (Wildman–Crippen MR) is 99.5 cm³/mol. The smallest absolute Gasteiger partial charge is 0.236 e. The Hall–Kier alpha value is -2.97. The number of hydrogen-bond donors (Lipinski definition) is 1. The van der Waals surface area contributed by atoms with E-state index in [9.17, 15) is 4.79 Å². The highest BCUT2D eigenvalue weighted by Crippen LogP contribution is 2.34. The zero-order valence-corrected chi connectivity index (χ0v) is 15.7. The van der Waals surface area contributed by atoms with E-state index in [1.807, 2.05) is 39.1 Å². The number of carbonyl (C=O) groups is 1. The van der Waals surface area contributed by atoms with Crippen molar-refractivity contribution in [2.75, 3.05) is 5.32 Å². The third-order valence-corrected chi connectivity index (χ3v) is 4.74. The Bertz CT molecular complexity index is 975. The number of tetrazole rings is 1. The van der Waals surface area contributed by atoms with Gasteiger partial charge in [0.1, 0.15) is 5.75 Å². The second-order valence-corrected chi connectivity index (χ2v) is 7.09. The van der Waals surface area contributed by atoms with Crippen molar-refractivity contribution in [1.29, 1.82) is 0 Å². The highest BCUT2D eigenvalue weighted by molar-refractivity contribution is 6.04. The Kier molecular flexibility index (Phi) is 4.51. The molecule has 0 unspecified atom stereocenters. The summed E-state index contributed by atoms with van der Waals surface area (Å²) >= 11 is 0. The minimum atomic E-state index is -0.391. The van der Waals surface area contributed by atoms with Crippen LogP contribution in [0, 0.1) is 0 Å². The number of anilines is 1. The largest absolute Gasteiger partial charge is 0.490 e. The first-order chi connectivity index (χ1) is 13.0. The minimum Gasteiger partial charge on any atom is -0.490 e. The maximum absolute atomic E-state index is 13.1. The van der Waals surface area contributed by atoms with Crippen molar-refractivity contribution in [1.82, 2.24) is 30.0 Å². The molecule has 0 spiro atoms. The van der Waals surface area contributed by atoms with Crippen molar-refractivity contribution in [3.05, 3.63) is 24.0 Å². The van der Waals surface area contributed by atoms with Gasteiger partial charge in [-0.1, -0.05) is 12.5 Å². The van der Waals surface area contributed by atoms with E-state index < -0.39 is 5.92 Å². The maximum atomic E-state index is 13.1. The number of aromatic nitrogens is 6. The van der Waals surface area contributed by atoms with E-state index in [0.717, 1.165) is 30.3 Å². The van der Waals surface area contributed by atoms with Crippen LogP contribution in [0.3, 0.4) is 0 Å². The van der Waals surface area contributed by atoms with E-state index in [0.29, 0.717) is 23.8 Å². The molecule has 1 aliphatic heterocycles. The fourth-order valence-corrected chi connectivity index (χ4v) is 3.53. The minimum absolute atomic E-state index is 0.0193. The molecule has 2 aromatic heterocycles. The van der Waals surface area contributed by atoms with Crippen LogP contribution in [0.1, 0.15) is 44.9 Å². The lowest BCUT2D eigenvalue weighted by molar-refractivity contribution is -0.117. The molecule has 0 fully saturated rings. The summed E-state index contributed by atoms with van der Waals surface area (Å²) in [5.41, 5.74) is 0.897. The summed E-state index contributed by atoms with van der Waals surface area (Å²) in [4.78, 5) is 13.1. The van der Waals surface area contributed by atoms with Gasteiger partial charge in [-0.15, -0.1) is 5.10 Å². The van der Waals surface area contributed by atoms with Crippen molar-refractivity contribution < 1.29 is 9.53 Å². The number of aryl methyl sites for hydroxylation is 2. The molecule has 0 radical (unpaired) electrons. The van der Waals surface area contributed by atoms with Crippen molar-refractivity contribution in [2.45, 2.75) is 51.7 Å². The molecule has 1 aliphatic rings.